The molecular weight excluding hydrogens is 372 g/mol. The number of fused-ring (bicyclic) bond motifs is 5. The lowest BCUT2D eigenvalue weighted by Gasteiger charge is -2.57. The van der Waals surface area contributed by atoms with Crippen LogP contribution >= 0.6 is 0 Å². The monoisotopic (exact) mass is 412 g/mol. The normalized spacial score (nSPS) is 44.8. The lowest BCUT2D eigenvalue weighted by molar-refractivity contribution is -0.132. The Morgan fingerprint density at radius 3 is 2.57 bits per heavy atom. The Labute approximate surface area is 181 Å². The lowest BCUT2D eigenvalue weighted by atomic mass is 9.47. The van der Waals surface area contributed by atoms with Gasteiger partial charge in [0.1, 0.15) is 6.54 Å². The van der Waals surface area contributed by atoms with E-state index in [9.17, 15) is 4.79 Å². The van der Waals surface area contributed by atoms with Gasteiger partial charge in [-0.1, -0.05) is 27.7 Å². The van der Waals surface area contributed by atoms with E-state index >= 15 is 0 Å². The second-order valence-corrected chi connectivity index (χ2v) is 12.4. The molecule has 0 N–H and O–H groups in total. The second kappa shape index (κ2) is 7.13. The minimum atomic E-state index is 0.160. The molecule has 0 spiro atoms. The predicted molar refractivity (Wildman–Crippen MR) is 116 cm³/mol. The molecule has 1 heterocycles. The van der Waals surface area contributed by atoms with Crippen molar-refractivity contribution in [2.24, 2.45) is 52.3 Å². The summed E-state index contributed by atoms with van der Waals surface area (Å²) in [7, 11) is 0. The molecule has 0 aliphatic heterocycles. The zero-order valence-corrected chi connectivity index (χ0v) is 19.6. The molecule has 8 unspecified atom stereocenters. The molecule has 5 heteroatoms. The number of carbonyl (C=O) groups excluding carboxylic acids is 1. The summed E-state index contributed by atoms with van der Waals surface area (Å²) in [4.78, 5) is 14.9. The molecule has 4 aliphatic rings. The average molecular weight is 413 g/mol. The van der Waals surface area contributed by atoms with Crippen LogP contribution in [0.25, 0.3) is 0 Å². The van der Waals surface area contributed by atoms with Crippen LogP contribution in [0.15, 0.2) is 0 Å². The topological polar surface area (TPSA) is 60.7 Å². The van der Waals surface area contributed by atoms with Crippen LogP contribution in [0, 0.1) is 59.2 Å². The number of hydrogen-bond donors (Lipinski definition) is 0. The van der Waals surface area contributed by atoms with Gasteiger partial charge in [0.2, 0.25) is 0 Å². The summed E-state index contributed by atoms with van der Waals surface area (Å²) in [6, 6.07) is 0. The van der Waals surface area contributed by atoms with Crippen LogP contribution in [0.5, 0.6) is 0 Å². The van der Waals surface area contributed by atoms with Crippen LogP contribution in [0.1, 0.15) is 84.9 Å². The van der Waals surface area contributed by atoms with Crippen LogP contribution in [0.3, 0.4) is 0 Å². The third-order valence-corrected chi connectivity index (χ3v) is 10.0. The van der Waals surface area contributed by atoms with Crippen molar-refractivity contribution in [1.82, 2.24) is 20.2 Å². The van der Waals surface area contributed by atoms with E-state index in [1.165, 1.54) is 49.7 Å². The molecule has 5 rings (SSSR count). The second-order valence-electron chi connectivity index (χ2n) is 12.4. The van der Waals surface area contributed by atoms with Crippen molar-refractivity contribution in [2.75, 3.05) is 0 Å². The van der Waals surface area contributed by atoms with Crippen LogP contribution in [-0.4, -0.2) is 26.0 Å². The molecular formula is C25H40N4O. The largest absolute Gasteiger partial charge is 0.297 e. The van der Waals surface area contributed by atoms with Gasteiger partial charge in [0.15, 0.2) is 11.6 Å². The number of tetrazole rings is 1. The highest BCUT2D eigenvalue weighted by Gasteiger charge is 2.60. The maximum absolute atomic E-state index is 13.4. The molecule has 8 atom stereocenters. The zero-order chi connectivity index (χ0) is 21.3. The Bertz CT molecular complexity index is 816. The summed E-state index contributed by atoms with van der Waals surface area (Å²) in [5.41, 5.74) is 0.706. The van der Waals surface area contributed by atoms with Gasteiger partial charge in [-0.25, -0.2) is 0 Å². The van der Waals surface area contributed by atoms with Crippen LogP contribution in [0.4, 0.5) is 0 Å². The number of nitrogens with zero attached hydrogens (tertiary/aromatic N) is 4. The number of Topliss-reactive ketones (excluding diaryl/α,β-unsaturated/α-hetero) is 1. The van der Waals surface area contributed by atoms with Gasteiger partial charge in [0.05, 0.1) is 0 Å². The molecule has 4 fully saturated rings. The zero-order valence-electron chi connectivity index (χ0n) is 19.6. The third-order valence-electron chi connectivity index (χ3n) is 10.0. The van der Waals surface area contributed by atoms with Gasteiger partial charge in [0, 0.05) is 5.92 Å². The first-order chi connectivity index (χ1) is 14.2. The maximum Gasteiger partial charge on any atom is 0.171 e. The molecule has 0 saturated heterocycles. The highest BCUT2D eigenvalue weighted by molar-refractivity contribution is 5.82. The lowest BCUT2D eigenvalue weighted by Crippen LogP contribution is -2.51. The molecule has 0 bridgehead atoms. The molecule has 1 aromatic rings. The Hall–Kier alpha value is -1.26. The Morgan fingerprint density at radius 2 is 1.83 bits per heavy atom. The van der Waals surface area contributed by atoms with Crippen molar-refractivity contribution in [3.63, 3.8) is 0 Å². The summed E-state index contributed by atoms with van der Waals surface area (Å²) in [6.07, 6.45) is 10.7. The van der Waals surface area contributed by atoms with Crippen LogP contribution in [-0.2, 0) is 11.3 Å². The standard InChI is InChI=1S/C25H40N4O/c1-15-12-21(22(30)14-29-27-16(2)26-28-29)25(5)11-9-19-18-8-10-24(3,4)13-17(18)6-7-20(19)23(15)25/h15,17-21,23H,6-14H2,1-5H3. The van der Waals surface area contributed by atoms with Crippen LogP contribution in [0.2, 0.25) is 0 Å². The molecule has 0 amide bonds. The van der Waals surface area contributed by atoms with Gasteiger partial charge in [-0.3, -0.25) is 4.79 Å². The number of hydrogen-bond acceptors (Lipinski definition) is 4. The molecule has 166 valence electrons. The SMILES string of the molecule is Cc1nnn(CC(=O)C2CC(C)C3C4CCC5CC(C)(C)CCC5C4CCC23C)n1. The van der Waals surface area contributed by atoms with Gasteiger partial charge < -0.3 is 0 Å². The van der Waals surface area contributed by atoms with Crippen molar-refractivity contribution >= 4 is 5.78 Å². The third kappa shape index (κ3) is 3.26. The fraction of sp³-hybridized carbons (Fsp3) is 0.920. The van der Waals surface area contributed by atoms with Gasteiger partial charge in [-0.15, -0.1) is 10.2 Å². The van der Waals surface area contributed by atoms with E-state index < -0.39 is 0 Å². The first kappa shape index (κ1) is 20.6. The van der Waals surface area contributed by atoms with Crippen molar-refractivity contribution in [1.29, 1.82) is 0 Å². The van der Waals surface area contributed by atoms with E-state index in [4.69, 9.17) is 0 Å². The van der Waals surface area contributed by atoms with E-state index in [-0.39, 0.29) is 17.9 Å². The van der Waals surface area contributed by atoms with Crippen molar-refractivity contribution in [3.8, 4) is 0 Å². The summed E-state index contributed by atoms with van der Waals surface area (Å²) in [5, 5.41) is 12.3. The molecule has 4 aliphatic carbocycles. The van der Waals surface area contributed by atoms with E-state index in [2.05, 4.69) is 43.1 Å². The van der Waals surface area contributed by atoms with Crippen LogP contribution < -0.4 is 0 Å². The summed E-state index contributed by atoms with van der Waals surface area (Å²) in [6.45, 7) is 12.0. The van der Waals surface area contributed by atoms with E-state index in [0.29, 0.717) is 28.9 Å². The molecule has 0 radical (unpaired) electrons. The van der Waals surface area contributed by atoms with E-state index in [0.717, 1.165) is 30.1 Å². The number of ketones is 1. The fourth-order valence-electron chi connectivity index (χ4n) is 8.99. The van der Waals surface area contributed by atoms with Gasteiger partial charge in [0.25, 0.3) is 0 Å². The predicted octanol–water partition coefficient (Wildman–Crippen LogP) is 5.09. The molecule has 1 aromatic heterocycles. The quantitative estimate of drug-likeness (QED) is 0.693. The minimum Gasteiger partial charge on any atom is -0.297 e. The Morgan fingerprint density at radius 1 is 1.07 bits per heavy atom. The Kier molecular flexibility index (Phi) is 4.90. The molecule has 4 saturated carbocycles. The molecule has 5 nitrogen and oxygen atoms in total. The van der Waals surface area contributed by atoms with E-state index in [1.54, 1.807) is 0 Å². The highest BCUT2D eigenvalue weighted by Crippen LogP contribution is 2.66. The molecule has 30 heavy (non-hydrogen) atoms. The smallest absolute Gasteiger partial charge is 0.171 e. The van der Waals surface area contributed by atoms with Gasteiger partial charge in [-0.05, 0) is 110 Å². The van der Waals surface area contributed by atoms with Crippen molar-refractivity contribution in [2.45, 2.75) is 92.5 Å². The minimum absolute atomic E-state index is 0.160. The Balaban J connectivity index is 1.35. The maximum atomic E-state index is 13.4. The van der Waals surface area contributed by atoms with Crippen molar-refractivity contribution < 1.29 is 4.79 Å². The van der Waals surface area contributed by atoms with Crippen molar-refractivity contribution in [3.05, 3.63) is 5.82 Å². The van der Waals surface area contributed by atoms with Gasteiger partial charge >= 0.3 is 0 Å². The first-order valence-electron chi connectivity index (χ1n) is 12.4. The molecule has 0 aromatic carbocycles. The van der Waals surface area contributed by atoms with E-state index in [1.807, 2.05) is 6.92 Å². The summed E-state index contributed by atoms with van der Waals surface area (Å²) in [5.74, 6) is 6.15. The summed E-state index contributed by atoms with van der Waals surface area (Å²) < 4.78 is 0. The first-order valence-corrected chi connectivity index (χ1v) is 12.4. The number of aryl methyl sites for hydroxylation is 1. The highest BCUT2D eigenvalue weighted by atomic mass is 16.1. The average Bonchev–Trinajstić information content (AvgIpc) is 3.20. The number of rotatable bonds is 3. The fourth-order valence-corrected chi connectivity index (χ4v) is 8.99. The number of carbonyl (C=O) groups is 1. The number of aromatic nitrogens is 4. The summed E-state index contributed by atoms with van der Waals surface area (Å²) >= 11 is 0. The van der Waals surface area contributed by atoms with Gasteiger partial charge in [-0.2, -0.15) is 4.80 Å².